The maximum atomic E-state index is 12.0. The van der Waals surface area contributed by atoms with Crippen molar-refractivity contribution in [1.29, 1.82) is 0 Å². The van der Waals surface area contributed by atoms with E-state index in [9.17, 15) is 19.7 Å². The predicted molar refractivity (Wildman–Crippen MR) is 82.8 cm³/mol. The van der Waals surface area contributed by atoms with Crippen LogP contribution in [-0.4, -0.2) is 21.7 Å². The van der Waals surface area contributed by atoms with Gasteiger partial charge in [-0.15, -0.1) is 0 Å². The van der Waals surface area contributed by atoms with Gasteiger partial charge in [-0.25, -0.2) is 4.90 Å². The second kappa shape index (κ2) is 5.60. The van der Waals surface area contributed by atoms with Crippen LogP contribution in [0.2, 0.25) is 0 Å². The summed E-state index contributed by atoms with van der Waals surface area (Å²) in [5.41, 5.74) is 1.84. The van der Waals surface area contributed by atoms with Gasteiger partial charge in [-0.1, -0.05) is 6.07 Å². The van der Waals surface area contributed by atoms with Crippen LogP contribution >= 0.6 is 0 Å². The summed E-state index contributed by atoms with van der Waals surface area (Å²) in [5.74, 6) is -0.935. The Kier molecular flexibility index (Phi) is 3.61. The summed E-state index contributed by atoms with van der Waals surface area (Å²) in [6.45, 7) is 1.23. The zero-order valence-corrected chi connectivity index (χ0v) is 12.4. The normalized spacial score (nSPS) is 13.6. The molecule has 7 nitrogen and oxygen atoms in total. The molecule has 2 heterocycles. The molecule has 2 amide bonds. The van der Waals surface area contributed by atoms with E-state index < -0.39 is 16.7 Å². The van der Waals surface area contributed by atoms with Gasteiger partial charge in [-0.2, -0.15) is 0 Å². The average Bonchev–Trinajstić information content (AvgIpc) is 2.54. The smallest absolute Gasteiger partial charge is 0.274 e. The average molecular weight is 311 g/mol. The second-order valence-electron chi connectivity index (χ2n) is 5.25. The Morgan fingerprint density at radius 2 is 2.09 bits per heavy atom. The van der Waals surface area contributed by atoms with Gasteiger partial charge in [0, 0.05) is 37.4 Å². The second-order valence-corrected chi connectivity index (χ2v) is 5.25. The van der Waals surface area contributed by atoms with Crippen LogP contribution in [0, 0.1) is 10.1 Å². The van der Waals surface area contributed by atoms with Crippen molar-refractivity contribution >= 4 is 23.2 Å². The number of amides is 2. The fourth-order valence-corrected chi connectivity index (χ4v) is 2.78. The maximum absolute atomic E-state index is 12.0. The van der Waals surface area contributed by atoms with Crippen molar-refractivity contribution in [2.24, 2.45) is 0 Å². The van der Waals surface area contributed by atoms with E-state index in [1.807, 2.05) is 0 Å². The minimum Gasteiger partial charge on any atom is -0.274 e. The van der Waals surface area contributed by atoms with E-state index in [-0.39, 0.29) is 17.8 Å². The lowest BCUT2D eigenvalue weighted by Gasteiger charge is -2.26. The summed E-state index contributed by atoms with van der Waals surface area (Å²) in [5, 5.41) is 11.5. The molecule has 0 bridgehead atoms. The molecule has 1 aromatic carbocycles. The Bertz CT molecular complexity index is 818. The zero-order valence-electron chi connectivity index (χ0n) is 12.4. The summed E-state index contributed by atoms with van der Waals surface area (Å²) in [6, 6.07) is 6.70. The topological polar surface area (TPSA) is 93.4 Å². The molecule has 1 aromatic heterocycles. The summed E-state index contributed by atoms with van der Waals surface area (Å²) in [7, 11) is 0. The highest BCUT2D eigenvalue weighted by Crippen LogP contribution is 2.40. The van der Waals surface area contributed by atoms with Gasteiger partial charge in [-0.05, 0) is 29.7 Å². The third-order valence-electron chi connectivity index (χ3n) is 3.76. The maximum Gasteiger partial charge on any atom is 0.294 e. The first-order valence-corrected chi connectivity index (χ1v) is 7.04. The minimum atomic E-state index is -0.562. The molecule has 0 N–H and O–H groups in total. The molecule has 0 saturated carbocycles. The third kappa shape index (κ3) is 2.57. The molecular formula is C16H13N3O4. The van der Waals surface area contributed by atoms with E-state index in [0.717, 1.165) is 10.5 Å². The van der Waals surface area contributed by atoms with Crippen LogP contribution in [0.25, 0.3) is 11.1 Å². The number of rotatable bonds is 2. The van der Waals surface area contributed by atoms with Crippen molar-refractivity contribution in [2.45, 2.75) is 19.8 Å². The van der Waals surface area contributed by atoms with E-state index in [4.69, 9.17) is 0 Å². The first kappa shape index (κ1) is 14.8. The van der Waals surface area contributed by atoms with Gasteiger partial charge in [0.1, 0.15) is 5.69 Å². The van der Waals surface area contributed by atoms with Crippen LogP contribution in [0.15, 0.2) is 36.7 Å². The Morgan fingerprint density at radius 1 is 1.30 bits per heavy atom. The molecule has 0 spiro atoms. The number of fused-ring (bicyclic) bond motifs is 1. The highest BCUT2D eigenvalue weighted by atomic mass is 16.6. The van der Waals surface area contributed by atoms with Crippen molar-refractivity contribution in [3.05, 3.63) is 52.3 Å². The van der Waals surface area contributed by atoms with Crippen LogP contribution in [0.5, 0.6) is 0 Å². The van der Waals surface area contributed by atoms with Gasteiger partial charge in [-0.3, -0.25) is 24.7 Å². The monoisotopic (exact) mass is 311 g/mol. The molecule has 1 aliphatic heterocycles. The van der Waals surface area contributed by atoms with Crippen LogP contribution in [0.1, 0.15) is 18.9 Å². The summed E-state index contributed by atoms with van der Waals surface area (Å²) < 4.78 is 0. The number of nitro benzene ring substituents is 1. The van der Waals surface area contributed by atoms with E-state index in [1.54, 1.807) is 30.6 Å². The Morgan fingerprint density at radius 3 is 2.70 bits per heavy atom. The Labute approximate surface area is 131 Å². The van der Waals surface area contributed by atoms with Crippen LogP contribution < -0.4 is 4.90 Å². The van der Waals surface area contributed by atoms with Gasteiger partial charge in [0.2, 0.25) is 11.8 Å². The van der Waals surface area contributed by atoms with Crippen LogP contribution in [0.3, 0.4) is 0 Å². The molecule has 1 aliphatic rings. The number of nitro groups is 1. The first-order valence-electron chi connectivity index (χ1n) is 7.04. The lowest BCUT2D eigenvalue weighted by molar-refractivity contribution is -0.384. The molecule has 116 valence electrons. The standard InChI is InChI=1S/C16H13N3O4/c1-10(20)18-15(21)5-4-11-7-13(12-3-2-6-17-9-12)8-14(16(11)18)19(22)23/h2-3,6-9H,4-5H2,1H3. The minimum absolute atomic E-state index is 0.0893. The van der Waals surface area contributed by atoms with E-state index in [2.05, 4.69) is 4.98 Å². The number of hydrogen-bond acceptors (Lipinski definition) is 5. The number of imide groups is 1. The van der Waals surface area contributed by atoms with E-state index in [1.165, 1.54) is 13.0 Å². The first-order chi connectivity index (χ1) is 11.0. The van der Waals surface area contributed by atoms with Crippen molar-refractivity contribution < 1.29 is 14.5 Å². The molecule has 23 heavy (non-hydrogen) atoms. The molecule has 0 saturated heterocycles. The van der Waals surface area contributed by atoms with Crippen LogP contribution in [0.4, 0.5) is 11.4 Å². The van der Waals surface area contributed by atoms with Crippen molar-refractivity contribution in [2.75, 3.05) is 4.90 Å². The highest BCUT2D eigenvalue weighted by molar-refractivity contribution is 6.17. The number of aryl methyl sites for hydroxylation is 1. The fourth-order valence-electron chi connectivity index (χ4n) is 2.78. The number of nitrogens with zero attached hydrogens (tertiary/aromatic N) is 3. The van der Waals surface area contributed by atoms with Gasteiger partial charge in [0.15, 0.2) is 0 Å². The zero-order chi connectivity index (χ0) is 16.6. The van der Waals surface area contributed by atoms with E-state index >= 15 is 0 Å². The quantitative estimate of drug-likeness (QED) is 0.627. The van der Waals surface area contributed by atoms with Gasteiger partial charge >= 0.3 is 0 Å². The molecule has 0 unspecified atom stereocenters. The Hall–Kier alpha value is -3.09. The number of carbonyl (C=O) groups excluding carboxylic acids is 2. The molecular weight excluding hydrogens is 298 g/mol. The summed E-state index contributed by atoms with van der Waals surface area (Å²) in [4.78, 5) is 39.6. The Balaban J connectivity index is 2.25. The largest absolute Gasteiger partial charge is 0.294 e. The van der Waals surface area contributed by atoms with Crippen molar-refractivity contribution in [3.63, 3.8) is 0 Å². The number of hydrogen-bond donors (Lipinski definition) is 0. The summed E-state index contributed by atoms with van der Waals surface area (Å²) in [6.07, 6.45) is 3.75. The third-order valence-corrected chi connectivity index (χ3v) is 3.76. The van der Waals surface area contributed by atoms with E-state index in [0.29, 0.717) is 17.5 Å². The molecule has 2 aromatic rings. The van der Waals surface area contributed by atoms with Gasteiger partial charge in [0.05, 0.1) is 4.92 Å². The fraction of sp³-hybridized carbons (Fsp3) is 0.188. The van der Waals surface area contributed by atoms with Gasteiger partial charge < -0.3 is 0 Å². The number of pyridine rings is 1. The predicted octanol–water partition coefficient (Wildman–Crippen LogP) is 2.48. The molecule has 3 rings (SSSR count). The van der Waals surface area contributed by atoms with Crippen molar-refractivity contribution in [3.8, 4) is 11.1 Å². The van der Waals surface area contributed by atoms with Crippen LogP contribution in [-0.2, 0) is 16.0 Å². The number of anilines is 1. The lowest BCUT2D eigenvalue weighted by Crippen LogP contribution is -2.39. The highest BCUT2D eigenvalue weighted by Gasteiger charge is 2.34. The molecule has 0 fully saturated rings. The van der Waals surface area contributed by atoms with Gasteiger partial charge in [0.25, 0.3) is 5.69 Å². The number of benzene rings is 1. The number of carbonyl (C=O) groups is 2. The molecule has 0 atom stereocenters. The molecule has 0 aliphatic carbocycles. The molecule has 7 heteroatoms. The van der Waals surface area contributed by atoms with Crippen molar-refractivity contribution in [1.82, 2.24) is 4.98 Å². The summed E-state index contributed by atoms with van der Waals surface area (Å²) >= 11 is 0. The SMILES string of the molecule is CC(=O)N1C(=O)CCc2cc(-c3cccnc3)cc([N+](=O)[O-])c21. The number of aromatic nitrogens is 1. The lowest BCUT2D eigenvalue weighted by atomic mass is 9.95. The molecule has 0 radical (unpaired) electrons.